The summed E-state index contributed by atoms with van der Waals surface area (Å²) in [5.41, 5.74) is 2.67. The zero-order valence-corrected chi connectivity index (χ0v) is 6.62. The van der Waals surface area contributed by atoms with E-state index in [9.17, 15) is 0 Å². The standard InChI is InChI=1S/C10H8N2/c1-2-10-8(4-6-12-10)7-3-5-11-9(1)7/h1-3,5H,4,6H2. The monoisotopic (exact) mass is 156 g/mol. The molecule has 0 N–H and O–H groups in total. The SMILES string of the molecule is C1=Cc2c3c(ccc2=N1)=NCC3. The molecule has 2 heterocycles. The first-order valence-electron chi connectivity index (χ1n) is 4.16. The molecular weight excluding hydrogens is 148 g/mol. The molecule has 2 heteroatoms. The summed E-state index contributed by atoms with van der Waals surface area (Å²) in [6, 6.07) is 4.11. The van der Waals surface area contributed by atoms with Gasteiger partial charge in [-0.2, -0.15) is 0 Å². The van der Waals surface area contributed by atoms with Gasteiger partial charge in [0.1, 0.15) is 0 Å². The minimum atomic E-state index is 0.944. The molecule has 2 nitrogen and oxygen atoms in total. The van der Waals surface area contributed by atoms with E-state index in [2.05, 4.69) is 22.1 Å². The van der Waals surface area contributed by atoms with Crippen LogP contribution in [0.4, 0.5) is 0 Å². The molecule has 0 radical (unpaired) electrons. The lowest BCUT2D eigenvalue weighted by molar-refractivity contribution is 1.02. The van der Waals surface area contributed by atoms with Crippen LogP contribution in [-0.2, 0) is 6.42 Å². The van der Waals surface area contributed by atoms with Gasteiger partial charge in [-0.15, -0.1) is 0 Å². The van der Waals surface area contributed by atoms with Crippen LogP contribution < -0.4 is 10.7 Å². The topological polar surface area (TPSA) is 24.7 Å². The molecule has 0 aliphatic carbocycles. The fourth-order valence-electron chi connectivity index (χ4n) is 1.83. The van der Waals surface area contributed by atoms with Crippen LogP contribution in [0.25, 0.3) is 6.08 Å². The fraction of sp³-hybridized carbons (Fsp3) is 0.200. The quantitative estimate of drug-likeness (QED) is 0.521. The van der Waals surface area contributed by atoms with Gasteiger partial charge in [0, 0.05) is 18.3 Å². The molecule has 0 unspecified atom stereocenters. The van der Waals surface area contributed by atoms with E-state index in [1.165, 1.54) is 11.1 Å². The number of fused-ring (bicyclic) bond motifs is 3. The van der Waals surface area contributed by atoms with Crippen molar-refractivity contribution >= 4 is 6.08 Å². The molecule has 0 amide bonds. The first kappa shape index (κ1) is 6.12. The molecule has 0 aromatic heterocycles. The summed E-state index contributed by atoms with van der Waals surface area (Å²) in [5.74, 6) is 0. The number of nitrogens with zero attached hydrogens (tertiary/aromatic N) is 2. The maximum Gasteiger partial charge on any atom is 0.0706 e. The Balaban J connectivity index is 2.50. The van der Waals surface area contributed by atoms with Crippen LogP contribution in [0.5, 0.6) is 0 Å². The van der Waals surface area contributed by atoms with Gasteiger partial charge in [-0.3, -0.25) is 9.98 Å². The van der Waals surface area contributed by atoms with Crippen molar-refractivity contribution in [2.45, 2.75) is 6.42 Å². The lowest BCUT2D eigenvalue weighted by Crippen LogP contribution is -2.14. The predicted molar refractivity (Wildman–Crippen MR) is 46.4 cm³/mol. The van der Waals surface area contributed by atoms with Crippen molar-refractivity contribution in [2.24, 2.45) is 9.98 Å². The number of hydrogen-bond donors (Lipinski definition) is 0. The Kier molecular flexibility index (Phi) is 1.04. The van der Waals surface area contributed by atoms with Crippen LogP contribution in [0.1, 0.15) is 11.1 Å². The Bertz CT molecular complexity index is 483. The molecule has 0 saturated heterocycles. The maximum absolute atomic E-state index is 4.40. The van der Waals surface area contributed by atoms with Gasteiger partial charge in [0.05, 0.1) is 10.7 Å². The van der Waals surface area contributed by atoms with E-state index in [0.717, 1.165) is 23.7 Å². The summed E-state index contributed by atoms with van der Waals surface area (Å²) in [5, 5.41) is 2.27. The lowest BCUT2D eigenvalue weighted by Gasteiger charge is -1.96. The molecule has 0 atom stereocenters. The van der Waals surface area contributed by atoms with Crippen molar-refractivity contribution < 1.29 is 0 Å². The number of benzene rings is 1. The lowest BCUT2D eigenvalue weighted by atomic mass is 10.1. The van der Waals surface area contributed by atoms with Crippen molar-refractivity contribution in [2.75, 3.05) is 6.54 Å². The molecule has 12 heavy (non-hydrogen) atoms. The minimum Gasteiger partial charge on any atom is -0.285 e. The molecule has 1 aromatic carbocycles. The van der Waals surface area contributed by atoms with Crippen molar-refractivity contribution in [3.05, 3.63) is 40.2 Å². The van der Waals surface area contributed by atoms with Crippen molar-refractivity contribution in [1.82, 2.24) is 0 Å². The zero-order chi connectivity index (χ0) is 7.97. The second-order valence-electron chi connectivity index (χ2n) is 3.07. The highest BCUT2D eigenvalue weighted by atomic mass is 14.7. The Hall–Kier alpha value is -1.44. The zero-order valence-electron chi connectivity index (χ0n) is 6.62. The van der Waals surface area contributed by atoms with E-state index in [-0.39, 0.29) is 0 Å². The Morgan fingerprint density at radius 2 is 2.08 bits per heavy atom. The molecule has 0 spiro atoms. The minimum absolute atomic E-state index is 0.944. The molecule has 58 valence electrons. The molecular formula is C10H8N2. The number of rotatable bonds is 0. The van der Waals surface area contributed by atoms with Crippen LogP contribution in [0.15, 0.2) is 28.3 Å². The molecule has 0 fully saturated rings. The molecule has 2 aliphatic rings. The first-order valence-corrected chi connectivity index (χ1v) is 4.16. The van der Waals surface area contributed by atoms with Crippen LogP contribution in [0.3, 0.4) is 0 Å². The van der Waals surface area contributed by atoms with Crippen molar-refractivity contribution in [3.63, 3.8) is 0 Å². The molecule has 3 rings (SSSR count). The average molecular weight is 156 g/mol. The smallest absolute Gasteiger partial charge is 0.0706 e. The normalized spacial score (nSPS) is 16.7. The van der Waals surface area contributed by atoms with E-state index < -0.39 is 0 Å². The Morgan fingerprint density at radius 3 is 3.08 bits per heavy atom. The van der Waals surface area contributed by atoms with Gasteiger partial charge in [-0.05, 0) is 30.2 Å². The average Bonchev–Trinajstić information content (AvgIpc) is 2.71. The van der Waals surface area contributed by atoms with E-state index in [4.69, 9.17) is 0 Å². The van der Waals surface area contributed by atoms with Gasteiger partial charge in [-0.1, -0.05) is 0 Å². The molecule has 1 aromatic rings. The Morgan fingerprint density at radius 1 is 1.17 bits per heavy atom. The largest absolute Gasteiger partial charge is 0.285 e. The maximum atomic E-state index is 4.40. The second-order valence-corrected chi connectivity index (χ2v) is 3.07. The molecule has 0 bridgehead atoms. The highest BCUT2D eigenvalue weighted by Gasteiger charge is 2.11. The second kappa shape index (κ2) is 2.03. The van der Waals surface area contributed by atoms with Crippen molar-refractivity contribution in [1.29, 1.82) is 0 Å². The summed E-state index contributed by atoms with van der Waals surface area (Å²) in [6.45, 7) is 0.944. The van der Waals surface area contributed by atoms with Gasteiger partial charge >= 0.3 is 0 Å². The van der Waals surface area contributed by atoms with Gasteiger partial charge < -0.3 is 0 Å². The van der Waals surface area contributed by atoms with Gasteiger partial charge in [0.25, 0.3) is 0 Å². The summed E-state index contributed by atoms with van der Waals surface area (Å²) in [4.78, 5) is 8.66. The third-order valence-electron chi connectivity index (χ3n) is 2.41. The first-order chi connectivity index (χ1) is 5.95. The molecule has 0 saturated carbocycles. The summed E-state index contributed by atoms with van der Waals surface area (Å²) < 4.78 is 0. The van der Waals surface area contributed by atoms with E-state index in [1.54, 1.807) is 0 Å². The van der Waals surface area contributed by atoms with Crippen LogP contribution in [0.2, 0.25) is 0 Å². The highest BCUT2D eigenvalue weighted by Crippen LogP contribution is 2.09. The van der Waals surface area contributed by atoms with Gasteiger partial charge in [-0.25, -0.2) is 0 Å². The van der Waals surface area contributed by atoms with Crippen LogP contribution in [0, 0.1) is 0 Å². The summed E-state index contributed by atoms with van der Waals surface area (Å²) >= 11 is 0. The Labute approximate surface area is 70.0 Å². The van der Waals surface area contributed by atoms with Crippen LogP contribution in [-0.4, -0.2) is 6.54 Å². The predicted octanol–water partition coefficient (Wildman–Crippen LogP) is 0.466. The van der Waals surface area contributed by atoms with Crippen LogP contribution >= 0.6 is 0 Å². The fourth-order valence-corrected chi connectivity index (χ4v) is 1.83. The van der Waals surface area contributed by atoms with Gasteiger partial charge in [0.15, 0.2) is 0 Å². The highest BCUT2D eigenvalue weighted by molar-refractivity contribution is 5.56. The molecule has 2 aliphatic heterocycles. The van der Waals surface area contributed by atoms with Gasteiger partial charge in [0.2, 0.25) is 0 Å². The van der Waals surface area contributed by atoms with E-state index in [1.807, 2.05) is 12.3 Å². The van der Waals surface area contributed by atoms with Crippen molar-refractivity contribution in [3.8, 4) is 0 Å². The summed E-state index contributed by atoms with van der Waals surface area (Å²) in [7, 11) is 0. The van der Waals surface area contributed by atoms with E-state index >= 15 is 0 Å². The number of hydrogen-bond acceptors (Lipinski definition) is 2. The third kappa shape index (κ3) is 0.644. The summed E-state index contributed by atoms with van der Waals surface area (Å²) in [6.07, 6.45) is 5.02. The third-order valence-corrected chi connectivity index (χ3v) is 2.41. The van der Waals surface area contributed by atoms with E-state index in [0.29, 0.717) is 0 Å².